The molecule has 5 heteroatoms. The van der Waals surface area contributed by atoms with Gasteiger partial charge in [0.05, 0.1) is 5.69 Å². The highest BCUT2D eigenvalue weighted by Crippen LogP contribution is 2.31. The highest BCUT2D eigenvalue weighted by molar-refractivity contribution is 5.95. The lowest BCUT2D eigenvalue weighted by atomic mass is 9.83. The molecule has 0 aromatic carbocycles. The van der Waals surface area contributed by atoms with Crippen LogP contribution in [0.1, 0.15) is 53.9 Å². The van der Waals surface area contributed by atoms with Crippen molar-refractivity contribution in [3.63, 3.8) is 0 Å². The third kappa shape index (κ3) is 2.91. The molecule has 0 saturated carbocycles. The second-order valence-electron chi connectivity index (χ2n) is 6.89. The van der Waals surface area contributed by atoms with Gasteiger partial charge in [0.25, 0.3) is 5.91 Å². The maximum atomic E-state index is 12.7. The average molecular weight is 305 g/mol. The van der Waals surface area contributed by atoms with Crippen molar-refractivity contribution in [3.8, 4) is 0 Å². The zero-order chi connectivity index (χ0) is 15.7. The summed E-state index contributed by atoms with van der Waals surface area (Å²) in [5, 5.41) is 3.90. The summed E-state index contributed by atoms with van der Waals surface area (Å²) in [6, 6.07) is 0.669. The number of hydrogen-bond donors (Lipinski definition) is 0. The van der Waals surface area contributed by atoms with E-state index in [2.05, 4.69) is 10.1 Å². The fraction of sp³-hybridized carbons (Fsp3) is 0.765. The maximum Gasteiger partial charge on any atom is 0.259 e. The minimum atomic E-state index is 0.0455. The van der Waals surface area contributed by atoms with Crippen LogP contribution in [0.3, 0.4) is 0 Å². The molecule has 22 heavy (non-hydrogen) atoms. The van der Waals surface area contributed by atoms with Crippen LogP contribution in [0.15, 0.2) is 4.52 Å². The molecule has 0 aliphatic carbocycles. The summed E-state index contributed by atoms with van der Waals surface area (Å²) in [6.45, 7) is 6.96. The predicted molar refractivity (Wildman–Crippen MR) is 84.9 cm³/mol. The number of amides is 1. The first-order chi connectivity index (χ1) is 10.6. The monoisotopic (exact) mass is 305 g/mol. The van der Waals surface area contributed by atoms with E-state index in [-0.39, 0.29) is 5.91 Å². The first-order valence-corrected chi connectivity index (χ1v) is 8.50. The maximum absolute atomic E-state index is 12.7. The Labute approximate surface area is 132 Å². The van der Waals surface area contributed by atoms with Crippen molar-refractivity contribution < 1.29 is 9.32 Å². The third-order valence-electron chi connectivity index (χ3n) is 5.33. The van der Waals surface area contributed by atoms with E-state index in [9.17, 15) is 4.79 Å². The number of aryl methyl sites for hydroxylation is 2. The van der Waals surface area contributed by atoms with Crippen molar-refractivity contribution in [2.24, 2.45) is 5.92 Å². The average Bonchev–Trinajstić information content (AvgIpc) is 2.86. The van der Waals surface area contributed by atoms with Crippen LogP contribution in [-0.2, 0) is 0 Å². The minimum absolute atomic E-state index is 0.0455. The Morgan fingerprint density at radius 2 is 2.05 bits per heavy atom. The highest BCUT2D eigenvalue weighted by atomic mass is 16.5. The second kappa shape index (κ2) is 6.41. The quantitative estimate of drug-likeness (QED) is 0.861. The number of aromatic nitrogens is 1. The topological polar surface area (TPSA) is 49.6 Å². The number of rotatable bonds is 3. The number of hydrogen-bond acceptors (Lipinski definition) is 4. The molecule has 1 aromatic heterocycles. The smallest absolute Gasteiger partial charge is 0.259 e. The summed E-state index contributed by atoms with van der Waals surface area (Å²) in [5.74, 6) is 1.27. The number of carbonyl (C=O) groups is 1. The molecule has 2 atom stereocenters. The molecule has 0 N–H and O–H groups in total. The molecule has 1 amide bonds. The van der Waals surface area contributed by atoms with E-state index in [4.69, 9.17) is 4.52 Å². The van der Waals surface area contributed by atoms with Gasteiger partial charge >= 0.3 is 0 Å². The van der Waals surface area contributed by atoms with Crippen LogP contribution >= 0.6 is 0 Å². The molecule has 5 nitrogen and oxygen atoms in total. The van der Waals surface area contributed by atoms with E-state index >= 15 is 0 Å². The van der Waals surface area contributed by atoms with Crippen molar-refractivity contribution in [1.29, 1.82) is 0 Å². The predicted octanol–water partition coefficient (Wildman–Crippen LogP) is 2.63. The van der Waals surface area contributed by atoms with E-state index in [0.29, 0.717) is 29.0 Å². The lowest BCUT2D eigenvalue weighted by Gasteiger charge is -2.45. The number of nitrogens with zero attached hydrogens (tertiary/aromatic N) is 3. The van der Waals surface area contributed by atoms with Gasteiger partial charge in [-0.15, -0.1) is 0 Å². The van der Waals surface area contributed by atoms with E-state index in [1.54, 1.807) is 0 Å². The van der Waals surface area contributed by atoms with Crippen LogP contribution in [0.25, 0.3) is 0 Å². The Kier molecular flexibility index (Phi) is 4.52. The molecular weight excluding hydrogens is 278 g/mol. The lowest BCUT2D eigenvalue weighted by Crippen LogP contribution is -2.51. The Morgan fingerprint density at radius 1 is 1.27 bits per heavy atom. The molecule has 2 saturated heterocycles. The van der Waals surface area contributed by atoms with Gasteiger partial charge in [0, 0.05) is 19.6 Å². The van der Waals surface area contributed by atoms with E-state index in [1.165, 1.54) is 45.2 Å². The fourth-order valence-electron chi connectivity index (χ4n) is 4.20. The van der Waals surface area contributed by atoms with Crippen LogP contribution in [0.2, 0.25) is 0 Å². The molecule has 122 valence electrons. The number of piperidine rings is 2. The highest BCUT2D eigenvalue weighted by Gasteiger charge is 2.34. The van der Waals surface area contributed by atoms with Gasteiger partial charge in [-0.2, -0.15) is 0 Å². The normalized spacial score (nSPS) is 25.8. The molecule has 2 aliphatic heterocycles. The van der Waals surface area contributed by atoms with Crippen molar-refractivity contribution in [2.45, 2.75) is 52.0 Å². The molecule has 3 rings (SSSR count). The molecule has 0 radical (unpaired) electrons. The molecule has 0 spiro atoms. The van der Waals surface area contributed by atoms with Crippen LogP contribution in [0, 0.1) is 19.8 Å². The molecule has 2 fully saturated rings. The van der Waals surface area contributed by atoms with Crippen molar-refractivity contribution in [2.75, 3.05) is 26.7 Å². The first kappa shape index (κ1) is 15.5. The molecule has 0 bridgehead atoms. The van der Waals surface area contributed by atoms with Crippen molar-refractivity contribution in [1.82, 2.24) is 15.0 Å². The van der Waals surface area contributed by atoms with Crippen LogP contribution in [-0.4, -0.2) is 53.6 Å². The van der Waals surface area contributed by atoms with Crippen molar-refractivity contribution >= 4 is 5.91 Å². The molecule has 0 unspecified atom stereocenters. The number of carbonyl (C=O) groups excluding carboxylic acids is 1. The van der Waals surface area contributed by atoms with Crippen LogP contribution in [0.5, 0.6) is 0 Å². The fourth-order valence-corrected chi connectivity index (χ4v) is 4.20. The summed E-state index contributed by atoms with van der Waals surface area (Å²) < 4.78 is 5.14. The van der Waals surface area contributed by atoms with Crippen LogP contribution in [0.4, 0.5) is 0 Å². The zero-order valence-corrected chi connectivity index (χ0v) is 14.0. The zero-order valence-electron chi connectivity index (χ0n) is 14.0. The Balaban J connectivity index is 1.68. The molecule has 2 aliphatic rings. The van der Waals surface area contributed by atoms with Crippen LogP contribution < -0.4 is 0 Å². The summed E-state index contributed by atoms with van der Waals surface area (Å²) in [4.78, 5) is 17.2. The van der Waals surface area contributed by atoms with E-state index in [1.807, 2.05) is 25.8 Å². The van der Waals surface area contributed by atoms with Crippen molar-refractivity contribution in [3.05, 3.63) is 17.0 Å². The summed E-state index contributed by atoms with van der Waals surface area (Å²) in [5.41, 5.74) is 1.33. The van der Waals surface area contributed by atoms with E-state index in [0.717, 1.165) is 6.54 Å². The van der Waals surface area contributed by atoms with Gasteiger partial charge in [-0.1, -0.05) is 11.6 Å². The lowest BCUT2D eigenvalue weighted by molar-refractivity contribution is 0.0402. The summed E-state index contributed by atoms with van der Waals surface area (Å²) in [6.07, 6.45) is 6.45. The molecule has 1 aromatic rings. The summed E-state index contributed by atoms with van der Waals surface area (Å²) in [7, 11) is 1.91. The van der Waals surface area contributed by atoms with Gasteiger partial charge in [0.2, 0.25) is 0 Å². The Morgan fingerprint density at radius 3 is 2.77 bits per heavy atom. The standard InChI is InChI=1S/C17H27N3O2/c1-12-16(13(2)22-18-12)17(21)19(3)11-14-7-6-10-20-9-5-4-8-15(14)20/h14-15H,4-11H2,1-3H3/t14-,15+/m0/s1. The van der Waals surface area contributed by atoms with Gasteiger partial charge in [-0.3, -0.25) is 4.79 Å². The van der Waals surface area contributed by atoms with Gasteiger partial charge in [-0.05, 0) is 58.5 Å². The SMILES string of the molecule is Cc1noc(C)c1C(=O)N(C)C[C@@H]1CCCN2CCCC[C@H]12. The minimum Gasteiger partial charge on any atom is -0.361 e. The Bertz CT molecular complexity index is 519. The van der Waals surface area contributed by atoms with Gasteiger partial charge in [-0.25, -0.2) is 0 Å². The third-order valence-corrected chi connectivity index (χ3v) is 5.33. The van der Waals surface area contributed by atoms with Gasteiger partial charge < -0.3 is 14.3 Å². The molecule has 3 heterocycles. The number of fused-ring (bicyclic) bond motifs is 1. The largest absolute Gasteiger partial charge is 0.361 e. The second-order valence-corrected chi connectivity index (χ2v) is 6.89. The first-order valence-electron chi connectivity index (χ1n) is 8.50. The van der Waals surface area contributed by atoms with E-state index < -0.39 is 0 Å². The summed E-state index contributed by atoms with van der Waals surface area (Å²) >= 11 is 0. The molecular formula is C17H27N3O2. The Hall–Kier alpha value is -1.36. The van der Waals surface area contributed by atoms with Gasteiger partial charge in [0.1, 0.15) is 11.3 Å². The van der Waals surface area contributed by atoms with Gasteiger partial charge in [0.15, 0.2) is 0 Å².